The average Bonchev–Trinajstić information content (AvgIpc) is 3.52. The molecule has 190 valence electrons. The van der Waals surface area contributed by atoms with E-state index in [0.717, 1.165) is 68.2 Å². The number of nitrogens with zero attached hydrogens (tertiary/aromatic N) is 5. The van der Waals surface area contributed by atoms with E-state index >= 15 is 0 Å². The second kappa shape index (κ2) is 9.82. The minimum Gasteiger partial charge on any atom is -0.393 e. The van der Waals surface area contributed by atoms with E-state index in [0.29, 0.717) is 11.9 Å². The number of hydrogen-bond donors (Lipinski definition) is 2. The number of aromatic nitrogens is 3. The zero-order chi connectivity index (χ0) is 24.6. The van der Waals surface area contributed by atoms with E-state index < -0.39 is 0 Å². The zero-order valence-corrected chi connectivity index (χ0v) is 21.0. The monoisotopic (exact) mass is 488 g/mol. The average molecular weight is 489 g/mol. The lowest BCUT2D eigenvalue weighted by Crippen LogP contribution is -2.47. The summed E-state index contributed by atoms with van der Waals surface area (Å²) >= 11 is 0. The van der Waals surface area contributed by atoms with Crippen LogP contribution in [-0.2, 0) is 0 Å². The van der Waals surface area contributed by atoms with Crippen LogP contribution in [0.3, 0.4) is 0 Å². The summed E-state index contributed by atoms with van der Waals surface area (Å²) in [6.07, 6.45) is 7.27. The van der Waals surface area contributed by atoms with Gasteiger partial charge in [0.2, 0.25) is 5.95 Å². The molecule has 3 fully saturated rings. The molecule has 3 aliphatic rings. The van der Waals surface area contributed by atoms with E-state index in [1.54, 1.807) is 6.07 Å². The lowest BCUT2D eigenvalue weighted by atomic mass is 9.95. The molecule has 0 spiro atoms. The van der Waals surface area contributed by atoms with Crippen LogP contribution in [0.4, 0.5) is 17.3 Å². The first-order valence-corrected chi connectivity index (χ1v) is 13.4. The van der Waals surface area contributed by atoms with Gasteiger partial charge in [0.15, 0.2) is 0 Å². The van der Waals surface area contributed by atoms with Crippen LogP contribution in [0, 0.1) is 11.8 Å². The van der Waals surface area contributed by atoms with Crippen molar-refractivity contribution in [1.82, 2.24) is 19.4 Å². The molecule has 3 aromatic rings. The maximum absolute atomic E-state index is 12.9. The topological polar surface area (TPSA) is 86.5 Å². The number of nitrogens with one attached hydrogen (secondary N) is 1. The number of benzene rings is 1. The van der Waals surface area contributed by atoms with Crippen molar-refractivity contribution in [3.05, 3.63) is 52.9 Å². The molecule has 8 heteroatoms. The Morgan fingerprint density at radius 1 is 1.06 bits per heavy atom. The molecule has 1 aromatic carbocycles. The van der Waals surface area contributed by atoms with Gasteiger partial charge in [0, 0.05) is 67.8 Å². The molecule has 2 aromatic heterocycles. The number of pyridine rings is 1. The van der Waals surface area contributed by atoms with Crippen LogP contribution in [0.1, 0.15) is 45.1 Å². The van der Waals surface area contributed by atoms with Gasteiger partial charge in [-0.05, 0) is 74.8 Å². The van der Waals surface area contributed by atoms with Crippen molar-refractivity contribution in [3.8, 4) is 0 Å². The van der Waals surface area contributed by atoms with Gasteiger partial charge < -0.3 is 15.3 Å². The molecule has 4 atom stereocenters. The summed E-state index contributed by atoms with van der Waals surface area (Å²) in [5.41, 5.74) is 2.92. The SMILES string of the molecule is C[C@H](O)CCN1CCN(c2ccc(Nc3ncc4ccc(=O)n([C@@H]5CC6CCC5C6)c4n3)cc2)CC1. The standard InChI is InChI=1S/C28H36N6O2/c1-19(35)10-11-32-12-14-33(15-13-32)24-7-5-23(6-8-24)30-28-29-18-22-4-9-26(36)34(27(22)31-28)25-17-20-2-3-21(25)16-20/h4-9,18-21,25,35H,2-3,10-17H2,1H3,(H,29,30,31)/t19-,20?,21?,25+/m0/s1. The molecule has 6 rings (SSSR count). The fourth-order valence-electron chi connectivity index (χ4n) is 6.43. The summed E-state index contributed by atoms with van der Waals surface area (Å²) < 4.78 is 1.94. The third kappa shape index (κ3) is 4.72. The minimum absolute atomic E-state index is 0.0417. The highest BCUT2D eigenvalue weighted by Gasteiger charge is 2.41. The van der Waals surface area contributed by atoms with Gasteiger partial charge in [0.25, 0.3) is 5.56 Å². The Balaban J connectivity index is 1.15. The number of rotatable bonds is 7. The fraction of sp³-hybridized carbons (Fsp3) is 0.536. The van der Waals surface area contributed by atoms with E-state index in [1.165, 1.54) is 24.9 Å². The van der Waals surface area contributed by atoms with E-state index in [9.17, 15) is 9.90 Å². The highest BCUT2D eigenvalue weighted by molar-refractivity contribution is 5.76. The minimum atomic E-state index is -0.236. The van der Waals surface area contributed by atoms with Gasteiger partial charge in [-0.1, -0.05) is 6.42 Å². The first-order valence-electron chi connectivity index (χ1n) is 13.4. The van der Waals surface area contributed by atoms with E-state index in [1.807, 2.05) is 23.8 Å². The van der Waals surface area contributed by atoms with Gasteiger partial charge in [-0.3, -0.25) is 14.3 Å². The number of hydrogen-bond acceptors (Lipinski definition) is 7. The van der Waals surface area contributed by atoms with Gasteiger partial charge >= 0.3 is 0 Å². The van der Waals surface area contributed by atoms with E-state index in [-0.39, 0.29) is 17.7 Å². The molecule has 2 unspecified atom stereocenters. The molecule has 1 saturated heterocycles. The fourth-order valence-corrected chi connectivity index (χ4v) is 6.43. The second-order valence-corrected chi connectivity index (χ2v) is 10.9. The molecular weight excluding hydrogens is 452 g/mol. The van der Waals surface area contributed by atoms with Gasteiger partial charge in [-0.15, -0.1) is 0 Å². The first kappa shape index (κ1) is 23.4. The number of aliphatic hydroxyl groups excluding tert-OH is 1. The van der Waals surface area contributed by atoms with Crippen molar-refractivity contribution in [2.45, 2.75) is 51.2 Å². The van der Waals surface area contributed by atoms with Gasteiger partial charge in [0.05, 0.1) is 6.10 Å². The lowest BCUT2D eigenvalue weighted by molar-refractivity contribution is 0.153. The largest absolute Gasteiger partial charge is 0.393 e. The summed E-state index contributed by atoms with van der Waals surface area (Å²) in [5, 5.41) is 13.8. The summed E-state index contributed by atoms with van der Waals surface area (Å²) in [5.74, 6) is 1.87. The molecule has 0 radical (unpaired) electrons. The molecule has 0 amide bonds. The quantitative estimate of drug-likeness (QED) is 0.523. The maximum atomic E-state index is 12.9. The first-order chi connectivity index (χ1) is 17.5. The third-order valence-corrected chi connectivity index (χ3v) is 8.42. The van der Waals surface area contributed by atoms with Crippen LogP contribution in [0.25, 0.3) is 11.0 Å². The molecule has 2 bridgehead atoms. The predicted octanol–water partition coefficient (Wildman–Crippen LogP) is 3.79. The van der Waals surface area contributed by atoms with Crippen molar-refractivity contribution in [3.63, 3.8) is 0 Å². The summed E-state index contributed by atoms with van der Waals surface area (Å²) in [4.78, 5) is 27.1. The number of piperazine rings is 1. The highest BCUT2D eigenvalue weighted by atomic mass is 16.3. The zero-order valence-electron chi connectivity index (χ0n) is 21.0. The van der Waals surface area contributed by atoms with Crippen LogP contribution in [0.5, 0.6) is 0 Å². The summed E-state index contributed by atoms with van der Waals surface area (Å²) in [6.45, 7) is 6.81. The van der Waals surface area contributed by atoms with Crippen LogP contribution >= 0.6 is 0 Å². The van der Waals surface area contributed by atoms with Crippen molar-refractivity contribution < 1.29 is 5.11 Å². The predicted molar refractivity (Wildman–Crippen MR) is 143 cm³/mol. The molecule has 8 nitrogen and oxygen atoms in total. The summed E-state index contributed by atoms with van der Waals surface area (Å²) in [7, 11) is 0. The molecule has 1 aliphatic heterocycles. The van der Waals surface area contributed by atoms with E-state index in [4.69, 9.17) is 4.98 Å². The third-order valence-electron chi connectivity index (χ3n) is 8.42. The number of fused-ring (bicyclic) bond motifs is 3. The Bertz CT molecular complexity index is 1270. The maximum Gasteiger partial charge on any atom is 0.252 e. The second-order valence-electron chi connectivity index (χ2n) is 10.9. The Kier molecular flexibility index (Phi) is 6.39. The number of anilines is 3. The highest BCUT2D eigenvalue weighted by Crippen LogP contribution is 2.50. The molecular formula is C28H36N6O2. The van der Waals surface area contributed by atoms with Crippen LogP contribution in [0.15, 0.2) is 47.4 Å². The van der Waals surface area contributed by atoms with Crippen LogP contribution in [0.2, 0.25) is 0 Å². The molecule has 2 aliphatic carbocycles. The van der Waals surface area contributed by atoms with Gasteiger partial charge in [0.1, 0.15) is 5.65 Å². The van der Waals surface area contributed by atoms with Crippen molar-refractivity contribution in [1.29, 1.82) is 0 Å². The molecule has 36 heavy (non-hydrogen) atoms. The van der Waals surface area contributed by atoms with Crippen molar-refractivity contribution in [2.24, 2.45) is 11.8 Å². The number of aliphatic hydroxyl groups is 1. The van der Waals surface area contributed by atoms with Gasteiger partial charge in [-0.25, -0.2) is 4.98 Å². The van der Waals surface area contributed by atoms with Crippen molar-refractivity contribution >= 4 is 28.4 Å². The van der Waals surface area contributed by atoms with Crippen molar-refractivity contribution in [2.75, 3.05) is 42.9 Å². The Morgan fingerprint density at radius 2 is 1.86 bits per heavy atom. The van der Waals surface area contributed by atoms with Gasteiger partial charge in [-0.2, -0.15) is 4.98 Å². The smallest absolute Gasteiger partial charge is 0.252 e. The lowest BCUT2D eigenvalue weighted by Gasteiger charge is -2.36. The molecule has 2 N–H and O–H groups in total. The Labute approximate surface area is 212 Å². The van der Waals surface area contributed by atoms with E-state index in [2.05, 4.69) is 44.4 Å². The van der Waals surface area contributed by atoms with Crippen LogP contribution in [-0.4, -0.2) is 63.4 Å². The van der Waals surface area contributed by atoms with Crippen LogP contribution < -0.4 is 15.8 Å². The normalized spacial score (nSPS) is 24.9. The molecule has 3 heterocycles. The Morgan fingerprint density at radius 3 is 2.56 bits per heavy atom. The molecule has 2 saturated carbocycles. The Hall–Kier alpha value is -2.97. The summed E-state index contributed by atoms with van der Waals surface area (Å²) in [6, 6.07) is 12.2.